The van der Waals surface area contributed by atoms with Crippen LogP contribution in [-0.4, -0.2) is 30.8 Å². The van der Waals surface area contributed by atoms with Crippen LogP contribution in [0, 0.1) is 0 Å². The summed E-state index contributed by atoms with van der Waals surface area (Å²) in [5, 5.41) is 11.3. The van der Waals surface area contributed by atoms with Crippen LogP contribution in [0.2, 0.25) is 0 Å². The van der Waals surface area contributed by atoms with E-state index in [2.05, 4.69) is 21.3 Å². The SMILES string of the molecule is CCNC(=O)c1cccc(NC(=O)CNc2ccc(C(=O)NCc3ccco3)cc2)c1. The van der Waals surface area contributed by atoms with Crippen LogP contribution >= 0.6 is 0 Å². The van der Waals surface area contributed by atoms with Gasteiger partial charge in [0.2, 0.25) is 5.91 Å². The molecule has 0 saturated heterocycles. The molecule has 0 aliphatic carbocycles. The van der Waals surface area contributed by atoms with Gasteiger partial charge in [0, 0.05) is 29.0 Å². The Morgan fingerprint density at radius 3 is 2.32 bits per heavy atom. The molecule has 0 fully saturated rings. The van der Waals surface area contributed by atoms with Crippen molar-refractivity contribution in [3.05, 3.63) is 83.8 Å². The fraction of sp³-hybridized carbons (Fsp3) is 0.174. The molecule has 0 unspecified atom stereocenters. The van der Waals surface area contributed by atoms with Crippen molar-refractivity contribution >= 4 is 29.1 Å². The lowest BCUT2D eigenvalue weighted by molar-refractivity contribution is -0.114. The van der Waals surface area contributed by atoms with Gasteiger partial charge in [-0.3, -0.25) is 14.4 Å². The third-order valence-corrected chi connectivity index (χ3v) is 4.35. The summed E-state index contributed by atoms with van der Waals surface area (Å²) in [6.07, 6.45) is 1.55. The maximum Gasteiger partial charge on any atom is 0.251 e. The zero-order chi connectivity index (χ0) is 22.1. The van der Waals surface area contributed by atoms with Gasteiger partial charge in [0.1, 0.15) is 5.76 Å². The minimum atomic E-state index is -0.256. The molecule has 160 valence electrons. The zero-order valence-corrected chi connectivity index (χ0v) is 17.1. The highest BCUT2D eigenvalue weighted by Crippen LogP contribution is 2.12. The number of carbonyl (C=O) groups is 3. The molecule has 0 spiro atoms. The Labute approximate surface area is 180 Å². The van der Waals surface area contributed by atoms with E-state index >= 15 is 0 Å². The van der Waals surface area contributed by atoms with Crippen LogP contribution < -0.4 is 21.3 Å². The van der Waals surface area contributed by atoms with Gasteiger partial charge in [0.15, 0.2) is 0 Å². The summed E-state index contributed by atoms with van der Waals surface area (Å²) in [6.45, 7) is 2.72. The third kappa shape index (κ3) is 6.46. The van der Waals surface area contributed by atoms with Crippen LogP contribution in [-0.2, 0) is 11.3 Å². The number of carbonyl (C=O) groups excluding carboxylic acids is 3. The van der Waals surface area contributed by atoms with Gasteiger partial charge in [-0.15, -0.1) is 0 Å². The van der Waals surface area contributed by atoms with Crippen LogP contribution in [0.15, 0.2) is 71.3 Å². The molecule has 8 heteroatoms. The van der Waals surface area contributed by atoms with Crippen molar-refractivity contribution in [1.82, 2.24) is 10.6 Å². The fourth-order valence-electron chi connectivity index (χ4n) is 2.81. The van der Waals surface area contributed by atoms with E-state index in [1.54, 1.807) is 66.9 Å². The third-order valence-electron chi connectivity index (χ3n) is 4.35. The van der Waals surface area contributed by atoms with Crippen molar-refractivity contribution in [2.75, 3.05) is 23.7 Å². The molecule has 0 radical (unpaired) electrons. The first-order valence-electron chi connectivity index (χ1n) is 9.88. The predicted octanol–water partition coefficient (Wildman–Crippen LogP) is 3.01. The van der Waals surface area contributed by atoms with Gasteiger partial charge in [-0.05, 0) is 61.5 Å². The molecule has 1 aromatic heterocycles. The summed E-state index contributed by atoms with van der Waals surface area (Å²) in [7, 11) is 0. The van der Waals surface area contributed by atoms with E-state index in [1.807, 2.05) is 6.92 Å². The summed E-state index contributed by atoms with van der Waals surface area (Å²) < 4.78 is 5.18. The molecular formula is C23H24N4O4. The molecule has 31 heavy (non-hydrogen) atoms. The zero-order valence-electron chi connectivity index (χ0n) is 17.1. The predicted molar refractivity (Wildman–Crippen MR) is 118 cm³/mol. The second-order valence-corrected chi connectivity index (χ2v) is 6.68. The van der Waals surface area contributed by atoms with Gasteiger partial charge >= 0.3 is 0 Å². The van der Waals surface area contributed by atoms with E-state index in [0.717, 1.165) is 0 Å². The first-order chi connectivity index (χ1) is 15.0. The molecule has 4 N–H and O–H groups in total. The van der Waals surface area contributed by atoms with Crippen molar-refractivity contribution in [3.63, 3.8) is 0 Å². The normalized spacial score (nSPS) is 10.2. The second kappa shape index (κ2) is 10.6. The number of benzene rings is 2. The van der Waals surface area contributed by atoms with Crippen LogP contribution in [0.5, 0.6) is 0 Å². The maximum atomic E-state index is 12.2. The van der Waals surface area contributed by atoms with Gasteiger partial charge in [0.25, 0.3) is 11.8 Å². The Balaban J connectivity index is 1.47. The average molecular weight is 420 g/mol. The first kappa shape index (κ1) is 21.6. The number of amides is 3. The molecule has 0 bridgehead atoms. The Morgan fingerprint density at radius 2 is 1.61 bits per heavy atom. The van der Waals surface area contributed by atoms with Crippen LogP contribution in [0.25, 0.3) is 0 Å². The summed E-state index contributed by atoms with van der Waals surface area (Å²) in [4.78, 5) is 36.3. The van der Waals surface area contributed by atoms with Crippen molar-refractivity contribution < 1.29 is 18.8 Å². The van der Waals surface area contributed by atoms with E-state index in [0.29, 0.717) is 41.4 Å². The minimum absolute atomic E-state index is 0.0371. The summed E-state index contributed by atoms with van der Waals surface area (Å²) >= 11 is 0. The summed E-state index contributed by atoms with van der Waals surface area (Å²) in [5.41, 5.74) is 2.23. The monoisotopic (exact) mass is 420 g/mol. The molecule has 3 amide bonds. The lowest BCUT2D eigenvalue weighted by Crippen LogP contribution is -2.24. The largest absolute Gasteiger partial charge is 0.467 e. The molecule has 0 aliphatic rings. The van der Waals surface area contributed by atoms with Crippen molar-refractivity contribution in [2.24, 2.45) is 0 Å². The number of anilines is 2. The minimum Gasteiger partial charge on any atom is -0.467 e. The van der Waals surface area contributed by atoms with E-state index in [1.165, 1.54) is 0 Å². The first-order valence-corrected chi connectivity index (χ1v) is 9.88. The fourth-order valence-corrected chi connectivity index (χ4v) is 2.81. The topological polar surface area (TPSA) is 112 Å². The lowest BCUT2D eigenvalue weighted by atomic mass is 10.2. The highest BCUT2D eigenvalue weighted by molar-refractivity contribution is 5.98. The van der Waals surface area contributed by atoms with Gasteiger partial charge in [-0.1, -0.05) is 6.07 Å². The van der Waals surface area contributed by atoms with Crippen molar-refractivity contribution in [2.45, 2.75) is 13.5 Å². The number of hydrogen-bond acceptors (Lipinski definition) is 5. The van der Waals surface area contributed by atoms with Gasteiger partial charge in [-0.25, -0.2) is 0 Å². The molecule has 0 saturated carbocycles. The molecular weight excluding hydrogens is 396 g/mol. The van der Waals surface area contributed by atoms with E-state index in [4.69, 9.17) is 4.42 Å². The highest BCUT2D eigenvalue weighted by atomic mass is 16.3. The molecule has 0 atom stereocenters. The van der Waals surface area contributed by atoms with E-state index < -0.39 is 0 Å². The molecule has 2 aromatic carbocycles. The average Bonchev–Trinajstić information content (AvgIpc) is 3.30. The number of hydrogen-bond donors (Lipinski definition) is 4. The Hall–Kier alpha value is -4.07. The molecule has 3 aromatic rings. The Bertz CT molecular complexity index is 1030. The van der Waals surface area contributed by atoms with Gasteiger partial charge in [0.05, 0.1) is 19.4 Å². The molecule has 3 rings (SSSR count). The Morgan fingerprint density at radius 1 is 0.839 bits per heavy atom. The maximum absolute atomic E-state index is 12.2. The molecule has 1 heterocycles. The smallest absolute Gasteiger partial charge is 0.251 e. The number of furan rings is 1. The quantitative estimate of drug-likeness (QED) is 0.425. The van der Waals surface area contributed by atoms with Crippen LogP contribution in [0.1, 0.15) is 33.4 Å². The van der Waals surface area contributed by atoms with Crippen molar-refractivity contribution in [3.8, 4) is 0 Å². The van der Waals surface area contributed by atoms with E-state index in [9.17, 15) is 14.4 Å². The van der Waals surface area contributed by atoms with Gasteiger partial charge < -0.3 is 25.7 Å². The van der Waals surface area contributed by atoms with E-state index in [-0.39, 0.29) is 24.3 Å². The molecule has 8 nitrogen and oxygen atoms in total. The van der Waals surface area contributed by atoms with Crippen molar-refractivity contribution in [1.29, 1.82) is 0 Å². The van der Waals surface area contributed by atoms with Crippen LogP contribution in [0.4, 0.5) is 11.4 Å². The summed E-state index contributed by atoms with van der Waals surface area (Å²) in [5.74, 6) is 0.0141. The lowest BCUT2D eigenvalue weighted by Gasteiger charge is -2.10. The second-order valence-electron chi connectivity index (χ2n) is 6.68. The highest BCUT2D eigenvalue weighted by Gasteiger charge is 2.09. The number of nitrogens with one attached hydrogen (secondary N) is 4. The summed E-state index contributed by atoms with van der Waals surface area (Å²) in [6, 6.07) is 17.1. The number of rotatable bonds is 9. The Kier molecular flexibility index (Phi) is 7.42. The van der Waals surface area contributed by atoms with Crippen LogP contribution in [0.3, 0.4) is 0 Å². The molecule has 0 aliphatic heterocycles. The van der Waals surface area contributed by atoms with Gasteiger partial charge in [-0.2, -0.15) is 0 Å². The standard InChI is InChI=1S/C23H24N4O4/c1-2-24-23(30)17-5-3-6-19(13-17)27-21(28)15-25-18-10-8-16(9-11-18)22(29)26-14-20-7-4-12-31-20/h3-13,25H,2,14-15H2,1H3,(H,24,30)(H,26,29)(H,27,28).